The van der Waals surface area contributed by atoms with E-state index in [2.05, 4.69) is 0 Å². The Bertz CT molecular complexity index is 460. The van der Waals surface area contributed by atoms with E-state index in [9.17, 15) is 9.59 Å². The third-order valence-corrected chi connectivity index (χ3v) is 3.75. The Labute approximate surface area is 136 Å². The normalized spacial score (nSPS) is 12.8. The number of hydrogen-bond acceptors (Lipinski definition) is 4. The van der Waals surface area contributed by atoms with Crippen LogP contribution in [0.25, 0.3) is 0 Å². The fourth-order valence-electron chi connectivity index (χ4n) is 1.22. The van der Waals surface area contributed by atoms with Gasteiger partial charge in [-0.25, -0.2) is 0 Å². The number of halogens is 3. The first-order chi connectivity index (χ1) is 9.29. The molecule has 0 aliphatic carbocycles. The molecule has 0 amide bonds. The van der Waals surface area contributed by atoms with Crippen LogP contribution >= 0.6 is 46.6 Å². The predicted octanol–water partition coefficient (Wildman–Crippen LogP) is 4.11. The lowest BCUT2D eigenvalue weighted by atomic mass is 10.2. The number of esters is 1. The van der Waals surface area contributed by atoms with Crippen LogP contribution in [0.3, 0.4) is 0 Å². The average Bonchev–Trinajstić information content (AvgIpc) is 2.41. The maximum absolute atomic E-state index is 11.8. The predicted molar refractivity (Wildman–Crippen MR) is 83.6 cm³/mol. The van der Waals surface area contributed by atoms with Crippen molar-refractivity contribution in [2.75, 3.05) is 12.4 Å². The van der Waals surface area contributed by atoms with Crippen molar-refractivity contribution in [2.24, 2.45) is 5.92 Å². The summed E-state index contributed by atoms with van der Waals surface area (Å²) in [5.41, 5.74) is 0.597. The summed E-state index contributed by atoms with van der Waals surface area (Å²) in [5, 5.41) is -0.0911. The van der Waals surface area contributed by atoms with Gasteiger partial charge in [-0.05, 0) is 0 Å². The number of hydrogen-bond donors (Lipinski definition) is 0. The fraction of sp³-hybridized carbons (Fsp3) is 0.385. The van der Waals surface area contributed by atoms with Crippen molar-refractivity contribution >= 4 is 57.6 Å². The van der Waals surface area contributed by atoms with Gasteiger partial charge in [-0.3, -0.25) is 9.59 Å². The molecule has 0 aliphatic rings. The first-order valence-electron chi connectivity index (χ1n) is 5.75. The Morgan fingerprint density at radius 2 is 1.85 bits per heavy atom. The molecule has 0 spiro atoms. The van der Waals surface area contributed by atoms with Crippen LogP contribution in [0, 0.1) is 5.92 Å². The highest BCUT2D eigenvalue weighted by Crippen LogP contribution is 2.26. The lowest BCUT2D eigenvalue weighted by Crippen LogP contribution is -2.23. The van der Waals surface area contributed by atoms with Gasteiger partial charge < -0.3 is 4.74 Å². The van der Waals surface area contributed by atoms with Crippen molar-refractivity contribution in [3.8, 4) is 0 Å². The van der Waals surface area contributed by atoms with E-state index < -0.39 is 15.7 Å². The second-order valence-electron chi connectivity index (χ2n) is 4.09. The third kappa shape index (κ3) is 6.84. The topological polar surface area (TPSA) is 43.4 Å². The molecule has 0 bridgehead atoms. The molecule has 20 heavy (non-hydrogen) atoms. The van der Waals surface area contributed by atoms with Crippen LogP contribution in [-0.4, -0.2) is 27.2 Å². The highest BCUT2D eigenvalue weighted by molar-refractivity contribution is 8.14. The van der Waals surface area contributed by atoms with Crippen LogP contribution in [0.15, 0.2) is 30.3 Å². The van der Waals surface area contributed by atoms with E-state index in [4.69, 9.17) is 39.5 Å². The van der Waals surface area contributed by atoms with E-state index in [0.29, 0.717) is 11.3 Å². The molecular weight excluding hydrogens is 343 g/mol. The summed E-state index contributed by atoms with van der Waals surface area (Å²) in [7, 11) is 0. The van der Waals surface area contributed by atoms with Crippen molar-refractivity contribution in [2.45, 2.75) is 10.7 Å². The molecule has 0 heterocycles. The standard InChI is InChI=1S/C13H13Cl3O3S/c1-9(11(17)19-8-13(14,15)16)7-20-12(18)10-5-3-2-4-6-10/h2-6,9H,7-8H2,1H3. The van der Waals surface area contributed by atoms with Crippen LogP contribution in [0.5, 0.6) is 0 Å². The molecule has 0 fully saturated rings. The van der Waals surface area contributed by atoms with Crippen LogP contribution in [0.1, 0.15) is 17.3 Å². The summed E-state index contributed by atoms with van der Waals surface area (Å²) in [6, 6.07) is 8.85. The summed E-state index contributed by atoms with van der Waals surface area (Å²) in [6.07, 6.45) is 0. The van der Waals surface area contributed by atoms with Gasteiger partial charge in [0.25, 0.3) is 0 Å². The Balaban J connectivity index is 2.38. The van der Waals surface area contributed by atoms with E-state index in [1.165, 1.54) is 0 Å². The molecule has 1 atom stereocenters. The summed E-state index contributed by atoms with van der Waals surface area (Å²) in [6.45, 7) is 1.35. The molecule has 3 nitrogen and oxygen atoms in total. The van der Waals surface area contributed by atoms with Crippen molar-refractivity contribution in [3.05, 3.63) is 35.9 Å². The minimum absolute atomic E-state index is 0.0911. The Hall–Kier alpha value is -0.420. The van der Waals surface area contributed by atoms with Gasteiger partial charge in [0.15, 0.2) is 0 Å². The largest absolute Gasteiger partial charge is 0.461 e. The molecule has 0 aromatic heterocycles. The molecule has 0 saturated carbocycles. The Morgan fingerprint density at radius 3 is 2.40 bits per heavy atom. The quantitative estimate of drug-likeness (QED) is 0.589. The lowest BCUT2D eigenvalue weighted by molar-refractivity contribution is -0.146. The van der Waals surface area contributed by atoms with E-state index in [-0.39, 0.29) is 11.7 Å². The summed E-state index contributed by atoms with van der Waals surface area (Å²) >= 11 is 17.5. The molecule has 1 aromatic rings. The highest BCUT2D eigenvalue weighted by Gasteiger charge is 2.24. The monoisotopic (exact) mass is 354 g/mol. The zero-order valence-corrected chi connectivity index (χ0v) is 13.7. The summed E-state index contributed by atoms with van der Waals surface area (Å²) in [5.74, 6) is -0.642. The van der Waals surface area contributed by atoms with Gasteiger partial charge in [0.2, 0.25) is 8.91 Å². The third-order valence-electron chi connectivity index (χ3n) is 2.25. The number of carbonyl (C=O) groups is 2. The average molecular weight is 356 g/mol. The highest BCUT2D eigenvalue weighted by atomic mass is 35.6. The maximum atomic E-state index is 11.8. The van der Waals surface area contributed by atoms with Gasteiger partial charge in [-0.2, -0.15) is 0 Å². The van der Waals surface area contributed by atoms with E-state index in [0.717, 1.165) is 11.8 Å². The molecule has 110 valence electrons. The number of ether oxygens (including phenoxy) is 1. The molecular formula is C13H13Cl3O3S. The molecule has 7 heteroatoms. The molecule has 1 aromatic carbocycles. The smallest absolute Gasteiger partial charge is 0.309 e. The van der Waals surface area contributed by atoms with Crippen LogP contribution in [0.4, 0.5) is 0 Å². The second-order valence-corrected chi connectivity index (χ2v) is 7.60. The zero-order chi connectivity index (χ0) is 15.2. The molecule has 0 N–H and O–H groups in total. The molecule has 1 rings (SSSR count). The molecule has 0 aliphatic heterocycles. The first-order valence-corrected chi connectivity index (χ1v) is 7.87. The van der Waals surface area contributed by atoms with Gasteiger partial charge >= 0.3 is 5.97 Å². The van der Waals surface area contributed by atoms with Crippen LogP contribution < -0.4 is 0 Å². The van der Waals surface area contributed by atoms with Crippen LogP contribution in [0.2, 0.25) is 0 Å². The minimum Gasteiger partial charge on any atom is -0.461 e. The number of rotatable bonds is 5. The Morgan fingerprint density at radius 1 is 1.25 bits per heavy atom. The van der Waals surface area contributed by atoms with E-state index in [1.807, 2.05) is 6.07 Å². The van der Waals surface area contributed by atoms with Crippen molar-refractivity contribution in [3.63, 3.8) is 0 Å². The zero-order valence-electron chi connectivity index (χ0n) is 10.6. The fourth-order valence-corrected chi connectivity index (χ4v) is 2.23. The van der Waals surface area contributed by atoms with Gasteiger partial charge in [-0.1, -0.05) is 83.8 Å². The SMILES string of the molecule is CC(CSC(=O)c1ccccc1)C(=O)OCC(Cl)(Cl)Cl. The van der Waals surface area contributed by atoms with Crippen molar-refractivity contribution < 1.29 is 14.3 Å². The molecule has 0 radical (unpaired) electrons. The van der Waals surface area contributed by atoms with Gasteiger partial charge in [0, 0.05) is 11.3 Å². The van der Waals surface area contributed by atoms with Gasteiger partial charge in [0.05, 0.1) is 5.92 Å². The van der Waals surface area contributed by atoms with E-state index >= 15 is 0 Å². The van der Waals surface area contributed by atoms with Gasteiger partial charge in [-0.15, -0.1) is 0 Å². The lowest BCUT2D eigenvalue weighted by Gasteiger charge is -2.14. The number of benzene rings is 1. The molecule has 0 saturated heterocycles. The van der Waals surface area contributed by atoms with Crippen molar-refractivity contribution in [1.29, 1.82) is 0 Å². The van der Waals surface area contributed by atoms with Gasteiger partial charge in [0.1, 0.15) is 6.61 Å². The second kappa shape index (κ2) is 8.13. The van der Waals surface area contributed by atoms with E-state index in [1.54, 1.807) is 31.2 Å². The maximum Gasteiger partial charge on any atom is 0.309 e. The number of carbonyl (C=O) groups excluding carboxylic acids is 2. The molecule has 1 unspecified atom stereocenters. The first kappa shape index (κ1) is 17.6. The van der Waals surface area contributed by atoms with Crippen molar-refractivity contribution in [1.82, 2.24) is 0 Å². The Kier molecular flexibility index (Phi) is 7.17. The van der Waals surface area contributed by atoms with Crippen LogP contribution in [-0.2, 0) is 9.53 Å². The summed E-state index contributed by atoms with van der Waals surface area (Å²) < 4.78 is 3.22. The number of alkyl halides is 3. The number of thioether (sulfide) groups is 1. The minimum atomic E-state index is -1.62. The summed E-state index contributed by atoms with van der Waals surface area (Å²) in [4.78, 5) is 23.5.